The second-order valence-electron chi connectivity index (χ2n) is 3.53. The van der Waals surface area contributed by atoms with Crippen molar-refractivity contribution in [3.8, 4) is 11.1 Å². The Morgan fingerprint density at radius 3 is 2.80 bits per heavy atom. The lowest BCUT2D eigenvalue weighted by Crippen LogP contribution is -1.90. The number of aromatic nitrogens is 1. The molecule has 1 heterocycles. The molecule has 0 atom stereocenters. The Balaban J connectivity index is 2.61. The molecule has 0 unspecified atom stereocenters. The number of benzene rings is 1. The molecule has 15 heavy (non-hydrogen) atoms. The summed E-state index contributed by atoms with van der Waals surface area (Å²) in [6.45, 7) is 6.03. The van der Waals surface area contributed by atoms with Gasteiger partial charge in [-0.05, 0) is 34.7 Å². The smallest absolute Gasteiger partial charge is 0.00842 e. The Morgan fingerprint density at radius 2 is 2.20 bits per heavy atom. The van der Waals surface area contributed by atoms with Crippen LogP contribution in [0.5, 0.6) is 0 Å². The van der Waals surface area contributed by atoms with E-state index in [-0.39, 0.29) is 0 Å². The molecular weight excluding hydrogens is 182 g/mol. The molecule has 0 saturated carbocycles. The molecule has 1 aromatic carbocycles. The van der Waals surface area contributed by atoms with Crippen LogP contribution in [0.25, 0.3) is 17.2 Å². The van der Waals surface area contributed by atoms with E-state index in [9.17, 15) is 0 Å². The molecule has 0 radical (unpaired) electrons. The zero-order valence-electron chi connectivity index (χ0n) is 8.96. The topological polar surface area (TPSA) is 15.8 Å². The van der Waals surface area contributed by atoms with Crippen molar-refractivity contribution in [2.24, 2.45) is 0 Å². The van der Waals surface area contributed by atoms with Gasteiger partial charge in [0, 0.05) is 12.4 Å². The van der Waals surface area contributed by atoms with Gasteiger partial charge >= 0.3 is 0 Å². The SMILES string of the molecule is C=Cc1cccc(-c2cc[nH]c2)c1CC. The first-order valence-electron chi connectivity index (χ1n) is 5.24. The minimum Gasteiger partial charge on any atom is -0.367 e. The highest BCUT2D eigenvalue weighted by Crippen LogP contribution is 2.26. The average Bonchev–Trinajstić information content (AvgIpc) is 2.81. The molecular formula is C14H15N. The van der Waals surface area contributed by atoms with Crippen LogP contribution in [0.1, 0.15) is 18.1 Å². The molecule has 0 bridgehead atoms. The fraction of sp³-hybridized carbons (Fsp3) is 0.143. The molecule has 1 N–H and O–H groups in total. The van der Waals surface area contributed by atoms with Crippen LogP contribution in [0.4, 0.5) is 0 Å². The number of nitrogens with one attached hydrogen (secondary N) is 1. The zero-order valence-corrected chi connectivity index (χ0v) is 8.96. The average molecular weight is 197 g/mol. The molecule has 0 amide bonds. The van der Waals surface area contributed by atoms with E-state index in [0.29, 0.717) is 0 Å². The van der Waals surface area contributed by atoms with Gasteiger partial charge in [0.05, 0.1) is 0 Å². The third-order valence-electron chi connectivity index (χ3n) is 2.69. The summed E-state index contributed by atoms with van der Waals surface area (Å²) in [5.74, 6) is 0. The van der Waals surface area contributed by atoms with E-state index < -0.39 is 0 Å². The molecule has 0 spiro atoms. The van der Waals surface area contributed by atoms with E-state index in [4.69, 9.17) is 0 Å². The minimum atomic E-state index is 1.03. The summed E-state index contributed by atoms with van der Waals surface area (Å²) in [5.41, 5.74) is 5.15. The zero-order chi connectivity index (χ0) is 10.7. The fourth-order valence-corrected chi connectivity index (χ4v) is 1.95. The van der Waals surface area contributed by atoms with Crippen molar-refractivity contribution in [2.75, 3.05) is 0 Å². The van der Waals surface area contributed by atoms with E-state index in [0.717, 1.165) is 6.42 Å². The van der Waals surface area contributed by atoms with Crippen molar-refractivity contribution in [3.05, 3.63) is 54.4 Å². The first-order chi connectivity index (χ1) is 7.36. The van der Waals surface area contributed by atoms with Gasteiger partial charge in [-0.1, -0.05) is 37.8 Å². The number of hydrogen-bond acceptors (Lipinski definition) is 0. The molecule has 0 saturated heterocycles. The summed E-state index contributed by atoms with van der Waals surface area (Å²) in [6.07, 6.45) is 6.94. The first kappa shape index (κ1) is 9.78. The third kappa shape index (κ3) is 1.73. The molecule has 0 aliphatic rings. The van der Waals surface area contributed by atoms with Crippen molar-refractivity contribution in [3.63, 3.8) is 0 Å². The third-order valence-corrected chi connectivity index (χ3v) is 2.69. The van der Waals surface area contributed by atoms with E-state index in [1.807, 2.05) is 18.5 Å². The maximum absolute atomic E-state index is 3.85. The van der Waals surface area contributed by atoms with Crippen LogP contribution in [-0.4, -0.2) is 4.98 Å². The Hall–Kier alpha value is -1.76. The highest BCUT2D eigenvalue weighted by atomic mass is 14.6. The number of hydrogen-bond donors (Lipinski definition) is 1. The van der Waals surface area contributed by atoms with Crippen LogP contribution in [0, 0.1) is 0 Å². The molecule has 1 aromatic heterocycles. The van der Waals surface area contributed by atoms with E-state index >= 15 is 0 Å². The van der Waals surface area contributed by atoms with Gasteiger partial charge in [-0.25, -0.2) is 0 Å². The van der Waals surface area contributed by atoms with Crippen molar-refractivity contribution in [1.82, 2.24) is 4.98 Å². The Kier molecular flexibility index (Phi) is 2.72. The largest absolute Gasteiger partial charge is 0.367 e. The summed E-state index contributed by atoms with van der Waals surface area (Å²) in [6, 6.07) is 8.46. The van der Waals surface area contributed by atoms with Gasteiger partial charge in [-0.2, -0.15) is 0 Å². The second kappa shape index (κ2) is 4.18. The van der Waals surface area contributed by atoms with Crippen molar-refractivity contribution < 1.29 is 0 Å². The van der Waals surface area contributed by atoms with Gasteiger partial charge in [-0.15, -0.1) is 0 Å². The van der Waals surface area contributed by atoms with Crippen LogP contribution in [0.3, 0.4) is 0 Å². The molecule has 1 heteroatoms. The number of aromatic amines is 1. The van der Waals surface area contributed by atoms with Gasteiger partial charge in [0.1, 0.15) is 0 Å². The summed E-state index contributed by atoms with van der Waals surface area (Å²) < 4.78 is 0. The normalized spacial score (nSPS) is 10.2. The highest BCUT2D eigenvalue weighted by molar-refractivity contribution is 5.72. The van der Waals surface area contributed by atoms with Crippen molar-refractivity contribution in [2.45, 2.75) is 13.3 Å². The maximum atomic E-state index is 3.85. The van der Waals surface area contributed by atoms with E-state index in [1.54, 1.807) is 0 Å². The number of rotatable bonds is 3. The quantitative estimate of drug-likeness (QED) is 0.768. The van der Waals surface area contributed by atoms with Crippen LogP contribution in [0.2, 0.25) is 0 Å². The fourth-order valence-electron chi connectivity index (χ4n) is 1.95. The first-order valence-corrected chi connectivity index (χ1v) is 5.24. The lowest BCUT2D eigenvalue weighted by atomic mass is 9.95. The Labute approximate surface area is 90.5 Å². The molecule has 2 rings (SSSR count). The van der Waals surface area contributed by atoms with Gasteiger partial charge in [0.2, 0.25) is 0 Å². The summed E-state index contributed by atoms with van der Waals surface area (Å²) in [5, 5.41) is 0. The van der Waals surface area contributed by atoms with Gasteiger partial charge in [-0.3, -0.25) is 0 Å². The standard InChI is InChI=1S/C14H15N/c1-3-11-6-5-7-14(13(11)4-2)12-8-9-15-10-12/h3,5-10,15H,1,4H2,2H3. The molecule has 2 aromatic rings. The van der Waals surface area contributed by atoms with Crippen LogP contribution in [0.15, 0.2) is 43.2 Å². The predicted molar refractivity (Wildman–Crippen MR) is 65.7 cm³/mol. The molecule has 0 fully saturated rings. The predicted octanol–water partition coefficient (Wildman–Crippen LogP) is 3.89. The monoisotopic (exact) mass is 197 g/mol. The van der Waals surface area contributed by atoms with Gasteiger partial charge < -0.3 is 4.98 Å². The lowest BCUT2D eigenvalue weighted by Gasteiger charge is -2.09. The minimum absolute atomic E-state index is 1.03. The van der Waals surface area contributed by atoms with E-state index in [1.165, 1.54) is 22.3 Å². The molecule has 0 aliphatic heterocycles. The highest BCUT2D eigenvalue weighted by Gasteiger charge is 2.06. The van der Waals surface area contributed by atoms with Crippen LogP contribution in [-0.2, 0) is 6.42 Å². The van der Waals surface area contributed by atoms with Gasteiger partial charge in [0.25, 0.3) is 0 Å². The molecule has 76 valence electrons. The van der Waals surface area contributed by atoms with Crippen molar-refractivity contribution >= 4 is 6.08 Å². The maximum Gasteiger partial charge on any atom is 0.00842 e. The van der Waals surface area contributed by atoms with Crippen molar-refractivity contribution in [1.29, 1.82) is 0 Å². The summed E-state index contributed by atoms with van der Waals surface area (Å²) >= 11 is 0. The van der Waals surface area contributed by atoms with E-state index in [2.05, 4.69) is 42.8 Å². The Morgan fingerprint density at radius 1 is 1.33 bits per heavy atom. The van der Waals surface area contributed by atoms with Gasteiger partial charge in [0.15, 0.2) is 0 Å². The summed E-state index contributed by atoms with van der Waals surface area (Å²) in [4.78, 5) is 3.09. The summed E-state index contributed by atoms with van der Waals surface area (Å²) in [7, 11) is 0. The van der Waals surface area contributed by atoms with Crippen LogP contribution >= 0.6 is 0 Å². The molecule has 1 nitrogen and oxygen atoms in total. The number of H-pyrrole nitrogens is 1. The van der Waals surface area contributed by atoms with Crippen LogP contribution < -0.4 is 0 Å². The lowest BCUT2D eigenvalue weighted by molar-refractivity contribution is 1.14. The molecule has 0 aliphatic carbocycles. The Bertz CT molecular complexity index is 452. The second-order valence-corrected chi connectivity index (χ2v) is 3.53.